The van der Waals surface area contributed by atoms with Crippen LogP contribution in [0.3, 0.4) is 0 Å². The van der Waals surface area contributed by atoms with Crippen LogP contribution in [0.5, 0.6) is 5.75 Å². The molecule has 1 heterocycles. The van der Waals surface area contributed by atoms with Crippen LogP contribution >= 0.6 is 0 Å². The maximum Gasteiger partial charge on any atom is 0.326 e. The number of ether oxygens (including phenoxy) is 1. The zero-order valence-electron chi connectivity index (χ0n) is 12.0. The van der Waals surface area contributed by atoms with Gasteiger partial charge in [-0.15, -0.1) is 0 Å². The molecule has 1 aromatic heterocycles. The fourth-order valence-corrected chi connectivity index (χ4v) is 1.79. The van der Waals surface area contributed by atoms with E-state index in [1.807, 2.05) is 0 Å². The molecule has 0 radical (unpaired) electrons. The molecule has 21 heavy (non-hydrogen) atoms. The van der Waals surface area contributed by atoms with Gasteiger partial charge in [0.1, 0.15) is 11.8 Å². The van der Waals surface area contributed by atoms with Crippen molar-refractivity contribution < 1.29 is 19.2 Å². The minimum absolute atomic E-state index is 0.0851. The number of carbonyl (C=O) groups is 1. The molecule has 0 fully saturated rings. The molecule has 0 aliphatic heterocycles. The molecule has 0 unspecified atom stereocenters. The van der Waals surface area contributed by atoms with Crippen LogP contribution in [0.15, 0.2) is 28.8 Å². The normalized spacial score (nSPS) is 12.2. The third-order valence-corrected chi connectivity index (χ3v) is 2.99. The number of anilines is 1. The number of carboxylic acids is 1. The first-order valence-corrected chi connectivity index (χ1v) is 6.48. The van der Waals surface area contributed by atoms with E-state index in [0.29, 0.717) is 5.82 Å². The van der Waals surface area contributed by atoms with Gasteiger partial charge >= 0.3 is 12.0 Å². The van der Waals surface area contributed by atoms with Gasteiger partial charge in [-0.05, 0) is 30.2 Å². The molecule has 1 atom stereocenters. The van der Waals surface area contributed by atoms with Gasteiger partial charge in [0.2, 0.25) is 5.82 Å². The summed E-state index contributed by atoms with van der Waals surface area (Å²) in [6, 6.07) is 6.46. The van der Waals surface area contributed by atoms with Crippen molar-refractivity contribution in [2.24, 2.45) is 5.92 Å². The molecular weight excluding hydrogens is 274 g/mol. The lowest BCUT2D eigenvalue weighted by molar-refractivity contribution is -0.138. The number of aromatic nitrogens is 2. The molecule has 2 aromatic rings. The Morgan fingerprint density at radius 2 is 2.00 bits per heavy atom. The van der Waals surface area contributed by atoms with Gasteiger partial charge in [0.05, 0.1) is 7.11 Å². The van der Waals surface area contributed by atoms with E-state index in [2.05, 4.69) is 15.5 Å². The maximum atomic E-state index is 11.1. The fourth-order valence-electron chi connectivity index (χ4n) is 1.79. The first-order chi connectivity index (χ1) is 10.0. The third kappa shape index (κ3) is 3.50. The van der Waals surface area contributed by atoms with Gasteiger partial charge in [0.25, 0.3) is 0 Å². The zero-order valence-corrected chi connectivity index (χ0v) is 12.0. The number of nitrogens with one attached hydrogen (secondary N) is 1. The Kier molecular flexibility index (Phi) is 4.42. The molecule has 2 N–H and O–H groups in total. The molecule has 2 rings (SSSR count). The van der Waals surface area contributed by atoms with Crippen LogP contribution in [0, 0.1) is 5.92 Å². The average molecular weight is 291 g/mol. The summed E-state index contributed by atoms with van der Waals surface area (Å²) in [7, 11) is 1.59. The summed E-state index contributed by atoms with van der Waals surface area (Å²) in [5, 5.41) is 15.7. The highest BCUT2D eigenvalue weighted by atomic mass is 16.5. The van der Waals surface area contributed by atoms with Crippen LogP contribution < -0.4 is 10.1 Å². The van der Waals surface area contributed by atoms with Crippen LogP contribution in [0.25, 0.3) is 11.4 Å². The predicted molar refractivity (Wildman–Crippen MR) is 76.2 cm³/mol. The summed E-state index contributed by atoms with van der Waals surface area (Å²) in [5.41, 5.74) is 0.754. The molecule has 0 aliphatic carbocycles. The van der Waals surface area contributed by atoms with Crippen LogP contribution in [-0.4, -0.2) is 34.4 Å². The van der Waals surface area contributed by atoms with Crippen molar-refractivity contribution in [2.45, 2.75) is 19.9 Å². The van der Waals surface area contributed by atoms with Gasteiger partial charge in [-0.25, -0.2) is 4.79 Å². The van der Waals surface area contributed by atoms with Gasteiger partial charge < -0.3 is 19.7 Å². The Hall–Kier alpha value is -2.57. The highest BCUT2D eigenvalue weighted by molar-refractivity contribution is 5.76. The molecule has 0 saturated carbocycles. The summed E-state index contributed by atoms with van der Waals surface area (Å²) in [5.74, 6) is 0.0347. The van der Waals surface area contributed by atoms with Gasteiger partial charge in [0, 0.05) is 5.56 Å². The number of carboxylic acid groups (broad SMARTS) is 1. The Balaban J connectivity index is 2.15. The quantitative estimate of drug-likeness (QED) is 0.842. The second kappa shape index (κ2) is 6.25. The summed E-state index contributed by atoms with van der Waals surface area (Å²) >= 11 is 0. The predicted octanol–water partition coefficient (Wildman–Crippen LogP) is 2.27. The van der Waals surface area contributed by atoms with Crippen molar-refractivity contribution in [1.82, 2.24) is 10.1 Å². The van der Waals surface area contributed by atoms with E-state index in [1.54, 1.807) is 45.2 Å². The van der Waals surface area contributed by atoms with E-state index in [-0.39, 0.29) is 11.9 Å². The molecular formula is C14H17N3O4. The molecule has 0 aliphatic rings. The van der Waals surface area contributed by atoms with Crippen LogP contribution in [0.4, 0.5) is 6.01 Å². The second-order valence-corrected chi connectivity index (χ2v) is 4.86. The fraction of sp³-hybridized carbons (Fsp3) is 0.357. The topological polar surface area (TPSA) is 97.5 Å². The van der Waals surface area contributed by atoms with Gasteiger partial charge in [0.15, 0.2) is 0 Å². The summed E-state index contributed by atoms with van der Waals surface area (Å²) in [6.45, 7) is 3.60. The Bertz CT molecular complexity index is 607. The number of hydrogen-bond donors (Lipinski definition) is 2. The smallest absolute Gasteiger partial charge is 0.326 e. The van der Waals surface area contributed by atoms with E-state index in [0.717, 1.165) is 11.3 Å². The van der Waals surface area contributed by atoms with Crippen LogP contribution in [0.1, 0.15) is 13.8 Å². The van der Waals surface area contributed by atoms with Crippen molar-refractivity contribution in [1.29, 1.82) is 0 Å². The Morgan fingerprint density at radius 3 is 2.52 bits per heavy atom. The molecule has 0 amide bonds. The van der Waals surface area contributed by atoms with Crippen LogP contribution in [-0.2, 0) is 4.79 Å². The maximum absolute atomic E-state index is 11.1. The van der Waals surface area contributed by atoms with E-state index in [4.69, 9.17) is 14.4 Å². The largest absolute Gasteiger partial charge is 0.497 e. The van der Waals surface area contributed by atoms with E-state index >= 15 is 0 Å². The first-order valence-electron chi connectivity index (χ1n) is 6.48. The molecule has 7 nitrogen and oxygen atoms in total. The van der Waals surface area contributed by atoms with Gasteiger partial charge in [-0.3, -0.25) is 0 Å². The minimum atomic E-state index is -0.964. The third-order valence-electron chi connectivity index (χ3n) is 2.99. The minimum Gasteiger partial charge on any atom is -0.497 e. The standard InChI is InChI=1S/C14H17N3O4/c1-8(2)11(13(18)19)15-14-16-12(17-21-14)9-4-6-10(20-3)7-5-9/h4-8,11H,1-3H3,(H,18,19)(H,15,16,17)/t11-/m1/s1. The second-order valence-electron chi connectivity index (χ2n) is 4.86. The molecule has 1 aromatic carbocycles. The molecule has 0 bridgehead atoms. The molecule has 0 spiro atoms. The van der Waals surface area contributed by atoms with Crippen molar-refractivity contribution in [3.05, 3.63) is 24.3 Å². The lowest BCUT2D eigenvalue weighted by Gasteiger charge is -2.15. The summed E-state index contributed by atoms with van der Waals surface area (Å²) in [4.78, 5) is 15.3. The lowest BCUT2D eigenvalue weighted by Crippen LogP contribution is -2.34. The van der Waals surface area contributed by atoms with Crippen LogP contribution in [0.2, 0.25) is 0 Å². The number of aliphatic carboxylic acids is 1. The highest BCUT2D eigenvalue weighted by Gasteiger charge is 2.23. The Labute approximate surface area is 121 Å². The van der Waals surface area contributed by atoms with Crippen molar-refractivity contribution in [2.75, 3.05) is 12.4 Å². The Morgan fingerprint density at radius 1 is 1.33 bits per heavy atom. The van der Waals surface area contributed by atoms with Crippen molar-refractivity contribution >= 4 is 12.0 Å². The van der Waals surface area contributed by atoms with E-state index in [9.17, 15) is 4.79 Å². The number of rotatable bonds is 6. The number of methoxy groups -OCH3 is 1. The van der Waals surface area contributed by atoms with Crippen molar-refractivity contribution in [3.63, 3.8) is 0 Å². The monoisotopic (exact) mass is 291 g/mol. The number of nitrogens with zero attached hydrogens (tertiary/aromatic N) is 2. The van der Waals surface area contributed by atoms with Crippen molar-refractivity contribution in [3.8, 4) is 17.1 Å². The zero-order chi connectivity index (χ0) is 15.4. The molecule has 7 heteroatoms. The summed E-state index contributed by atoms with van der Waals surface area (Å²) < 4.78 is 10.1. The first kappa shape index (κ1) is 14.8. The average Bonchev–Trinajstić information content (AvgIpc) is 2.93. The van der Waals surface area contributed by atoms with Gasteiger partial charge in [-0.2, -0.15) is 4.98 Å². The summed E-state index contributed by atoms with van der Waals surface area (Å²) in [6.07, 6.45) is 0. The number of benzene rings is 1. The molecule has 0 saturated heterocycles. The lowest BCUT2D eigenvalue weighted by atomic mass is 10.1. The van der Waals surface area contributed by atoms with E-state index < -0.39 is 12.0 Å². The van der Waals surface area contributed by atoms with E-state index in [1.165, 1.54) is 0 Å². The molecule has 112 valence electrons. The van der Waals surface area contributed by atoms with Gasteiger partial charge in [-0.1, -0.05) is 19.0 Å². The number of hydrogen-bond acceptors (Lipinski definition) is 6. The SMILES string of the molecule is COc1ccc(-c2noc(N[C@@H](C(=O)O)C(C)C)n2)cc1. The highest BCUT2D eigenvalue weighted by Crippen LogP contribution is 2.21.